The fraction of sp³-hybridized carbons (Fsp3) is 0.577. The van der Waals surface area contributed by atoms with Crippen LogP contribution in [0.1, 0.15) is 79.0 Å². The van der Waals surface area contributed by atoms with Crippen molar-refractivity contribution in [1.82, 2.24) is 15.1 Å². The highest BCUT2D eigenvalue weighted by Crippen LogP contribution is 2.42. The van der Waals surface area contributed by atoms with E-state index in [0.29, 0.717) is 17.5 Å². The van der Waals surface area contributed by atoms with Gasteiger partial charge in [0.25, 0.3) is 11.8 Å². The Kier molecular flexibility index (Phi) is 6.11. The van der Waals surface area contributed by atoms with Crippen LogP contribution in [-0.2, 0) is 14.4 Å². The Morgan fingerprint density at radius 2 is 1.63 bits per heavy atom. The molecule has 9 nitrogen and oxygen atoms in total. The van der Waals surface area contributed by atoms with Gasteiger partial charge in [0, 0.05) is 44.7 Å². The lowest BCUT2D eigenvalue weighted by Crippen LogP contribution is -2.54. The lowest BCUT2D eigenvalue weighted by atomic mass is 9.71. The number of imide groups is 2. The van der Waals surface area contributed by atoms with Gasteiger partial charge in [0.15, 0.2) is 0 Å². The normalized spacial score (nSPS) is 24.1. The Labute approximate surface area is 204 Å². The Morgan fingerprint density at radius 1 is 0.971 bits per heavy atom. The molecule has 1 atom stereocenters. The molecular weight excluding hydrogens is 448 g/mol. The number of nitrogens with one attached hydrogen (secondary N) is 1. The molecule has 4 aliphatic heterocycles. The number of fused-ring (bicyclic) bond motifs is 1. The van der Waals surface area contributed by atoms with Crippen LogP contribution >= 0.6 is 0 Å². The first-order valence-corrected chi connectivity index (χ1v) is 12.7. The number of piperidine rings is 3. The summed E-state index contributed by atoms with van der Waals surface area (Å²) in [5, 5.41) is 2.23. The summed E-state index contributed by atoms with van der Waals surface area (Å²) in [7, 11) is 0. The van der Waals surface area contributed by atoms with Crippen LogP contribution in [-0.4, -0.2) is 71.6 Å². The quantitative estimate of drug-likeness (QED) is 0.662. The zero-order chi connectivity index (χ0) is 24.7. The van der Waals surface area contributed by atoms with Crippen molar-refractivity contribution >= 4 is 35.2 Å². The van der Waals surface area contributed by atoms with Crippen molar-refractivity contribution in [2.75, 3.05) is 31.1 Å². The summed E-state index contributed by atoms with van der Waals surface area (Å²) in [5.74, 6) is -1.67. The molecular formula is C26H32N4O5. The predicted molar refractivity (Wildman–Crippen MR) is 128 cm³/mol. The molecule has 3 saturated heterocycles. The second kappa shape index (κ2) is 9.09. The molecule has 0 aliphatic carbocycles. The zero-order valence-corrected chi connectivity index (χ0v) is 20.2. The van der Waals surface area contributed by atoms with Gasteiger partial charge in [-0.15, -0.1) is 0 Å². The van der Waals surface area contributed by atoms with E-state index in [4.69, 9.17) is 0 Å². The molecule has 3 fully saturated rings. The van der Waals surface area contributed by atoms with Gasteiger partial charge in [-0.05, 0) is 62.1 Å². The van der Waals surface area contributed by atoms with Crippen LogP contribution in [0, 0.1) is 5.41 Å². The first kappa shape index (κ1) is 23.5. The van der Waals surface area contributed by atoms with Crippen LogP contribution in [0.15, 0.2) is 18.2 Å². The molecule has 1 spiro atoms. The highest BCUT2D eigenvalue weighted by molar-refractivity contribution is 6.23. The fourth-order valence-electron chi connectivity index (χ4n) is 6.00. The van der Waals surface area contributed by atoms with Crippen molar-refractivity contribution in [3.05, 3.63) is 29.3 Å². The number of anilines is 1. The van der Waals surface area contributed by atoms with E-state index < -0.39 is 23.8 Å². The first-order valence-electron chi connectivity index (χ1n) is 12.7. The molecule has 4 aliphatic rings. The smallest absolute Gasteiger partial charge is 0.262 e. The molecule has 1 unspecified atom stereocenters. The summed E-state index contributed by atoms with van der Waals surface area (Å²) in [6, 6.07) is 4.38. The van der Waals surface area contributed by atoms with E-state index in [9.17, 15) is 24.0 Å². The number of carbonyl (C=O) groups excluding carboxylic acids is 5. The average Bonchev–Trinajstić information content (AvgIpc) is 3.10. The van der Waals surface area contributed by atoms with Gasteiger partial charge in [-0.2, -0.15) is 0 Å². The van der Waals surface area contributed by atoms with Gasteiger partial charge in [-0.25, -0.2) is 0 Å². The third-order valence-electron chi connectivity index (χ3n) is 8.25. The maximum atomic E-state index is 13.1. The Balaban J connectivity index is 1.24. The molecule has 0 saturated carbocycles. The highest BCUT2D eigenvalue weighted by atomic mass is 16.2. The van der Waals surface area contributed by atoms with E-state index in [0.717, 1.165) is 68.9 Å². The van der Waals surface area contributed by atoms with Crippen molar-refractivity contribution in [2.45, 2.75) is 64.3 Å². The molecule has 1 N–H and O–H groups in total. The maximum absolute atomic E-state index is 13.1. The zero-order valence-electron chi connectivity index (χ0n) is 20.2. The standard InChI is InChI=1S/C26H32N4O5/c1-2-3-22(32)29-14-10-26(11-15-29)8-12-28(13-9-26)17-4-5-18-19(16-17)25(35)30(24(18)34)20-6-7-21(31)27-23(20)33/h4-5,16,20H,2-3,6-15H2,1H3,(H,27,31,33). The molecule has 35 heavy (non-hydrogen) atoms. The monoisotopic (exact) mass is 480 g/mol. The molecule has 5 amide bonds. The Bertz CT molecular complexity index is 1080. The molecule has 0 radical (unpaired) electrons. The van der Waals surface area contributed by atoms with E-state index in [1.807, 2.05) is 17.9 Å². The summed E-state index contributed by atoms with van der Waals surface area (Å²) >= 11 is 0. The molecule has 1 aromatic rings. The summed E-state index contributed by atoms with van der Waals surface area (Å²) in [6.07, 6.45) is 5.91. The fourth-order valence-corrected chi connectivity index (χ4v) is 6.00. The average molecular weight is 481 g/mol. The number of likely N-dealkylation sites (tertiary alicyclic amines) is 1. The van der Waals surface area contributed by atoms with Gasteiger partial charge in [-0.1, -0.05) is 6.92 Å². The van der Waals surface area contributed by atoms with Gasteiger partial charge >= 0.3 is 0 Å². The number of hydrogen-bond acceptors (Lipinski definition) is 6. The molecule has 5 rings (SSSR count). The van der Waals surface area contributed by atoms with Crippen molar-refractivity contribution in [2.24, 2.45) is 5.41 Å². The van der Waals surface area contributed by atoms with Crippen LogP contribution in [0.3, 0.4) is 0 Å². The number of benzene rings is 1. The van der Waals surface area contributed by atoms with Crippen LogP contribution in [0.2, 0.25) is 0 Å². The Morgan fingerprint density at radius 3 is 2.29 bits per heavy atom. The second-order valence-electron chi connectivity index (χ2n) is 10.3. The van der Waals surface area contributed by atoms with Crippen molar-refractivity contribution < 1.29 is 24.0 Å². The topological polar surface area (TPSA) is 107 Å². The van der Waals surface area contributed by atoms with E-state index >= 15 is 0 Å². The second-order valence-corrected chi connectivity index (χ2v) is 10.3. The number of rotatable bonds is 4. The molecule has 4 heterocycles. The molecule has 0 bridgehead atoms. The summed E-state index contributed by atoms with van der Waals surface area (Å²) in [5.41, 5.74) is 1.80. The maximum Gasteiger partial charge on any atom is 0.262 e. The largest absolute Gasteiger partial charge is 0.371 e. The van der Waals surface area contributed by atoms with Gasteiger partial charge in [0.2, 0.25) is 17.7 Å². The van der Waals surface area contributed by atoms with E-state index in [2.05, 4.69) is 10.2 Å². The third-order valence-corrected chi connectivity index (χ3v) is 8.25. The minimum atomic E-state index is -0.950. The van der Waals surface area contributed by atoms with Gasteiger partial charge in [0.1, 0.15) is 6.04 Å². The van der Waals surface area contributed by atoms with Crippen LogP contribution in [0.4, 0.5) is 5.69 Å². The molecule has 1 aromatic carbocycles. The summed E-state index contributed by atoms with van der Waals surface area (Å²) < 4.78 is 0. The predicted octanol–water partition coefficient (Wildman–Crippen LogP) is 2.10. The molecule has 0 aromatic heterocycles. The van der Waals surface area contributed by atoms with Gasteiger partial charge < -0.3 is 9.80 Å². The lowest BCUT2D eigenvalue weighted by molar-refractivity contribution is -0.136. The van der Waals surface area contributed by atoms with E-state index in [-0.39, 0.29) is 30.1 Å². The number of hydrogen-bond donors (Lipinski definition) is 1. The number of carbonyl (C=O) groups is 5. The van der Waals surface area contributed by atoms with Gasteiger partial charge in [0.05, 0.1) is 11.1 Å². The first-order chi connectivity index (χ1) is 16.8. The number of nitrogens with zero attached hydrogens (tertiary/aromatic N) is 3. The van der Waals surface area contributed by atoms with E-state index in [1.54, 1.807) is 12.1 Å². The molecule has 186 valence electrons. The highest BCUT2D eigenvalue weighted by Gasteiger charge is 2.45. The summed E-state index contributed by atoms with van der Waals surface area (Å²) in [6.45, 7) is 5.43. The van der Waals surface area contributed by atoms with Crippen molar-refractivity contribution in [3.8, 4) is 0 Å². The molecule has 9 heteroatoms. The Hall–Kier alpha value is -3.23. The SMILES string of the molecule is CCCC(=O)N1CCC2(CC1)CCN(c1ccc3c(c1)C(=O)N(C1CCC(=O)NC1=O)C3=O)CC2. The van der Waals surface area contributed by atoms with Crippen LogP contribution in [0.25, 0.3) is 0 Å². The lowest BCUT2D eigenvalue weighted by Gasteiger charge is -2.47. The summed E-state index contributed by atoms with van der Waals surface area (Å²) in [4.78, 5) is 67.3. The number of amides is 5. The van der Waals surface area contributed by atoms with Crippen LogP contribution in [0.5, 0.6) is 0 Å². The minimum absolute atomic E-state index is 0.106. The van der Waals surface area contributed by atoms with E-state index in [1.165, 1.54) is 0 Å². The minimum Gasteiger partial charge on any atom is -0.371 e. The van der Waals surface area contributed by atoms with Crippen molar-refractivity contribution in [1.29, 1.82) is 0 Å². The van der Waals surface area contributed by atoms with Gasteiger partial charge in [-0.3, -0.25) is 34.2 Å². The van der Waals surface area contributed by atoms with Crippen LogP contribution < -0.4 is 10.2 Å². The third kappa shape index (κ3) is 4.21. The van der Waals surface area contributed by atoms with Crippen molar-refractivity contribution in [3.63, 3.8) is 0 Å².